The molecule has 4 atom stereocenters. The summed E-state index contributed by atoms with van der Waals surface area (Å²) < 4.78 is 6.28. The number of hydrogen-bond acceptors (Lipinski definition) is 8. The van der Waals surface area contributed by atoms with Crippen molar-refractivity contribution in [2.24, 2.45) is 10.3 Å². The molecule has 10 heteroatoms. The standard InChI is InChI=1S/C11H17N5O5/c1-15(2)14-13-7-3-4-16(11(20)12-7)10-9(19)8(18)6(5-17)21-10/h3-4,6,8-10,17-19H,5H2,1-2H3/b14-13+/t6-,8?,9?,10-/m1/s1. The maximum atomic E-state index is 11.9. The molecule has 0 aliphatic carbocycles. The Balaban J connectivity index is 2.24. The fourth-order valence-electron chi connectivity index (χ4n) is 1.90. The molecule has 1 fully saturated rings. The minimum Gasteiger partial charge on any atom is -0.394 e. The summed E-state index contributed by atoms with van der Waals surface area (Å²) in [5, 5.41) is 37.4. The first kappa shape index (κ1) is 15.5. The van der Waals surface area contributed by atoms with Gasteiger partial charge in [-0.1, -0.05) is 5.22 Å². The van der Waals surface area contributed by atoms with Crippen molar-refractivity contribution in [2.75, 3.05) is 20.7 Å². The van der Waals surface area contributed by atoms with Crippen LogP contribution in [0.5, 0.6) is 0 Å². The van der Waals surface area contributed by atoms with Crippen LogP contribution in [0.3, 0.4) is 0 Å². The molecule has 1 aromatic heterocycles. The van der Waals surface area contributed by atoms with E-state index in [9.17, 15) is 15.0 Å². The van der Waals surface area contributed by atoms with Gasteiger partial charge in [0.05, 0.1) is 6.61 Å². The first-order valence-electron chi connectivity index (χ1n) is 6.24. The van der Waals surface area contributed by atoms with E-state index in [2.05, 4.69) is 15.3 Å². The smallest absolute Gasteiger partial charge is 0.351 e. The van der Waals surface area contributed by atoms with Crippen molar-refractivity contribution in [3.63, 3.8) is 0 Å². The number of rotatable bonds is 4. The van der Waals surface area contributed by atoms with E-state index in [1.54, 1.807) is 14.1 Å². The zero-order valence-corrected chi connectivity index (χ0v) is 11.6. The lowest BCUT2D eigenvalue weighted by Gasteiger charge is -2.16. The second-order valence-electron chi connectivity index (χ2n) is 4.74. The monoisotopic (exact) mass is 299 g/mol. The number of nitrogens with zero attached hydrogens (tertiary/aromatic N) is 5. The van der Waals surface area contributed by atoms with Gasteiger partial charge in [-0.05, 0) is 0 Å². The molecule has 0 radical (unpaired) electrons. The van der Waals surface area contributed by atoms with Gasteiger partial charge in [0, 0.05) is 26.4 Å². The zero-order valence-electron chi connectivity index (χ0n) is 11.6. The molecule has 0 bridgehead atoms. The zero-order chi connectivity index (χ0) is 15.6. The molecule has 1 aromatic rings. The van der Waals surface area contributed by atoms with E-state index in [-0.39, 0.29) is 5.82 Å². The summed E-state index contributed by atoms with van der Waals surface area (Å²) in [4.78, 5) is 15.6. The molecule has 21 heavy (non-hydrogen) atoms. The van der Waals surface area contributed by atoms with Crippen LogP contribution in [0, 0.1) is 0 Å². The molecule has 116 valence electrons. The van der Waals surface area contributed by atoms with Gasteiger partial charge in [-0.3, -0.25) is 9.58 Å². The van der Waals surface area contributed by atoms with Crippen LogP contribution >= 0.6 is 0 Å². The minimum atomic E-state index is -1.34. The summed E-state index contributed by atoms with van der Waals surface area (Å²) in [6.45, 7) is -0.466. The minimum absolute atomic E-state index is 0.108. The molecule has 2 rings (SSSR count). The predicted molar refractivity (Wildman–Crippen MR) is 69.7 cm³/mol. The van der Waals surface area contributed by atoms with Crippen LogP contribution in [0.25, 0.3) is 0 Å². The van der Waals surface area contributed by atoms with Crippen LogP contribution in [-0.4, -0.2) is 68.9 Å². The lowest BCUT2D eigenvalue weighted by molar-refractivity contribution is -0.0549. The SMILES string of the molecule is CN(C)/N=N/c1ccn([C@@H]2O[C@H](CO)C(O)C2O)c(=O)n1. The lowest BCUT2D eigenvalue weighted by Crippen LogP contribution is -2.35. The van der Waals surface area contributed by atoms with Crippen molar-refractivity contribution in [2.45, 2.75) is 24.5 Å². The van der Waals surface area contributed by atoms with Crippen LogP contribution in [0.15, 0.2) is 27.4 Å². The molecule has 0 aromatic carbocycles. The van der Waals surface area contributed by atoms with Crippen molar-refractivity contribution in [1.29, 1.82) is 0 Å². The number of aliphatic hydroxyl groups is 3. The molecule has 2 unspecified atom stereocenters. The molecule has 3 N–H and O–H groups in total. The molecule has 1 aliphatic heterocycles. The van der Waals surface area contributed by atoms with Crippen LogP contribution in [0.1, 0.15) is 6.23 Å². The molecule has 1 saturated heterocycles. The van der Waals surface area contributed by atoms with Gasteiger partial charge in [-0.15, -0.1) is 5.11 Å². The topological polar surface area (TPSA) is 133 Å². The predicted octanol–water partition coefficient (Wildman–Crippen LogP) is -1.58. The second kappa shape index (κ2) is 6.26. The van der Waals surface area contributed by atoms with Crippen LogP contribution in [0.2, 0.25) is 0 Å². The van der Waals surface area contributed by atoms with Gasteiger partial charge in [-0.2, -0.15) is 4.98 Å². The molecule has 0 spiro atoms. The maximum absolute atomic E-state index is 11.9. The number of hydrogen-bond donors (Lipinski definition) is 3. The molecular formula is C11H17N5O5. The summed E-state index contributed by atoms with van der Waals surface area (Å²) >= 11 is 0. The molecule has 0 amide bonds. The summed E-state index contributed by atoms with van der Waals surface area (Å²) in [6, 6.07) is 1.42. The van der Waals surface area contributed by atoms with E-state index in [1.165, 1.54) is 17.3 Å². The van der Waals surface area contributed by atoms with Gasteiger partial charge in [0.15, 0.2) is 12.0 Å². The fraction of sp³-hybridized carbons (Fsp3) is 0.636. The molecule has 0 saturated carbocycles. The van der Waals surface area contributed by atoms with E-state index in [4.69, 9.17) is 9.84 Å². The van der Waals surface area contributed by atoms with Gasteiger partial charge in [-0.25, -0.2) is 4.79 Å². The lowest BCUT2D eigenvalue weighted by atomic mass is 10.1. The van der Waals surface area contributed by atoms with Crippen molar-refractivity contribution >= 4 is 5.82 Å². The number of ether oxygens (including phenoxy) is 1. The van der Waals surface area contributed by atoms with Crippen LogP contribution in [0.4, 0.5) is 5.82 Å². The Kier molecular flexibility index (Phi) is 4.63. The molecule has 1 aliphatic rings. The van der Waals surface area contributed by atoms with Crippen molar-refractivity contribution in [3.8, 4) is 0 Å². The highest BCUT2D eigenvalue weighted by Crippen LogP contribution is 2.28. The molecular weight excluding hydrogens is 282 g/mol. The van der Waals surface area contributed by atoms with E-state index >= 15 is 0 Å². The Morgan fingerprint density at radius 3 is 2.67 bits per heavy atom. The fourth-order valence-corrected chi connectivity index (χ4v) is 1.90. The highest BCUT2D eigenvalue weighted by atomic mass is 16.6. The Bertz CT molecular complexity index is 574. The van der Waals surface area contributed by atoms with E-state index in [1.807, 2.05) is 0 Å². The van der Waals surface area contributed by atoms with Crippen molar-refractivity contribution in [1.82, 2.24) is 14.6 Å². The van der Waals surface area contributed by atoms with Crippen molar-refractivity contribution < 1.29 is 20.1 Å². The van der Waals surface area contributed by atoms with Crippen LogP contribution in [-0.2, 0) is 4.74 Å². The Hall–Kier alpha value is -1.88. The van der Waals surface area contributed by atoms with Gasteiger partial charge >= 0.3 is 5.69 Å². The number of aromatic nitrogens is 2. The summed E-state index contributed by atoms with van der Waals surface area (Å²) in [5.74, 6) is 0.108. The number of aliphatic hydroxyl groups excluding tert-OH is 3. The highest BCUT2D eigenvalue weighted by Gasteiger charge is 2.43. The van der Waals surface area contributed by atoms with Gasteiger partial charge in [0.2, 0.25) is 0 Å². The summed E-state index contributed by atoms with van der Waals surface area (Å²) in [6.07, 6.45) is -3.35. The first-order valence-corrected chi connectivity index (χ1v) is 6.24. The first-order chi connectivity index (χ1) is 9.93. The Morgan fingerprint density at radius 1 is 1.43 bits per heavy atom. The van der Waals surface area contributed by atoms with Gasteiger partial charge in [0.1, 0.15) is 18.3 Å². The maximum Gasteiger partial charge on any atom is 0.351 e. The summed E-state index contributed by atoms with van der Waals surface area (Å²) in [7, 11) is 3.34. The Labute approximate surface area is 119 Å². The van der Waals surface area contributed by atoms with E-state index < -0.39 is 36.8 Å². The van der Waals surface area contributed by atoms with E-state index in [0.717, 1.165) is 4.57 Å². The second-order valence-corrected chi connectivity index (χ2v) is 4.74. The normalized spacial score (nSPS) is 29.2. The molecule has 2 heterocycles. The van der Waals surface area contributed by atoms with Gasteiger partial charge < -0.3 is 20.1 Å². The van der Waals surface area contributed by atoms with Crippen LogP contribution < -0.4 is 5.69 Å². The average Bonchev–Trinajstić information content (AvgIpc) is 2.73. The molecule has 10 nitrogen and oxygen atoms in total. The highest BCUT2D eigenvalue weighted by molar-refractivity contribution is 5.22. The third kappa shape index (κ3) is 3.24. The summed E-state index contributed by atoms with van der Waals surface area (Å²) in [5.41, 5.74) is -0.708. The third-order valence-electron chi connectivity index (χ3n) is 2.93. The quantitative estimate of drug-likeness (QED) is 0.451. The third-order valence-corrected chi connectivity index (χ3v) is 2.93. The van der Waals surface area contributed by atoms with Gasteiger partial charge in [0.25, 0.3) is 0 Å². The Morgan fingerprint density at radius 2 is 2.14 bits per heavy atom. The van der Waals surface area contributed by atoms with E-state index in [0.29, 0.717) is 0 Å². The largest absolute Gasteiger partial charge is 0.394 e. The van der Waals surface area contributed by atoms with Crippen molar-refractivity contribution in [3.05, 3.63) is 22.7 Å². The average molecular weight is 299 g/mol.